The molecule has 6 amide bonds. The predicted molar refractivity (Wildman–Crippen MR) is 216 cm³/mol. The molecule has 0 heterocycles. The van der Waals surface area contributed by atoms with Gasteiger partial charge in [0.15, 0.2) is 0 Å². The molecular formula is C40H70N6O11. The molecule has 0 saturated heterocycles. The molecule has 1 aliphatic rings. The van der Waals surface area contributed by atoms with Crippen molar-refractivity contribution in [3.63, 3.8) is 0 Å². The van der Waals surface area contributed by atoms with Crippen molar-refractivity contribution in [2.45, 2.75) is 103 Å². The molecule has 1 aromatic rings. The molecule has 57 heavy (non-hydrogen) atoms. The molecule has 1 saturated carbocycles. The molecule has 1 aliphatic carbocycles. The highest BCUT2D eigenvalue weighted by Crippen LogP contribution is 2.19. The van der Waals surface area contributed by atoms with Gasteiger partial charge in [-0.2, -0.15) is 0 Å². The van der Waals surface area contributed by atoms with Crippen LogP contribution in [0.2, 0.25) is 0 Å². The van der Waals surface area contributed by atoms with Crippen LogP contribution >= 0.6 is 0 Å². The third kappa shape index (κ3) is 29.1. The molecule has 1 unspecified atom stereocenters. The minimum Gasteiger partial charge on any atom is -0.392 e. The summed E-state index contributed by atoms with van der Waals surface area (Å²) < 4.78 is 27.5. The smallest absolute Gasteiger partial charge is 0.312 e. The van der Waals surface area contributed by atoms with Crippen molar-refractivity contribution in [2.75, 3.05) is 84.9 Å². The number of amides is 6. The Morgan fingerprint density at radius 2 is 1.30 bits per heavy atom. The first-order chi connectivity index (χ1) is 27.5. The van der Waals surface area contributed by atoms with Gasteiger partial charge in [-0.3, -0.25) is 19.2 Å². The Labute approximate surface area is 338 Å². The lowest BCUT2D eigenvalue weighted by Crippen LogP contribution is -2.48. The summed E-state index contributed by atoms with van der Waals surface area (Å²) in [7, 11) is 1.55. The molecule has 17 nitrogen and oxygen atoms in total. The third-order valence-corrected chi connectivity index (χ3v) is 8.72. The molecule has 0 aliphatic heterocycles. The van der Waals surface area contributed by atoms with Gasteiger partial charge in [0, 0.05) is 38.7 Å². The van der Waals surface area contributed by atoms with Crippen LogP contribution < -0.4 is 32.3 Å². The number of unbranched alkanes of at least 4 members (excludes halogenated alkanes) is 1. The lowest BCUT2D eigenvalue weighted by Gasteiger charge is -2.20. The van der Waals surface area contributed by atoms with E-state index in [0.717, 1.165) is 18.4 Å². The number of carbonyl (C=O) groups excluding carboxylic acids is 5. The number of aliphatic hydroxyl groups excluding tert-OH is 1. The van der Waals surface area contributed by atoms with Crippen molar-refractivity contribution in [2.24, 2.45) is 11.7 Å². The van der Waals surface area contributed by atoms with Gasteiger partial charge in [0.05, 0.1) is 65.6 Å². The average Bonchev–Trinajstić information content (AvgIpc) is 3.17. The van der Waals surface area contributed by atoms with E-state index in [2.05, 4.69) is 26.6 Å². The van der Waals surface area contributed by atoms with E-state index in [1.54, 1.807) is 31.3 Å². The van der Waals surface area contributed by atoms with E-state index in [1.807, 2.05) is 13.8 Å². The van der Waals surface area contributed by atoms with Crippen LogP contribution in [0.25, 0.3) is 0 Å². The first-order valence-electron chi connectivity index (χ1n) is 20.3. The standard InChI is InChI=1S/C27H51N3O8.C13H19N3O3/c1-22(2)26(27(33)28-3)30-24(31)11-13-34-15-17-36-19-20-37-18-16-35-14-12-29-25(32)21-38-23-9-7-5-4-6-8-10-23;14-13(19)15-8-2-1-3-12(18)16-11-6-4-10(9-17)5-7-11/h22-23,26H,4-21H2,1-3H3,(H,28,33)(H,29,32)(H,30,31);4-7,17H,1-3,8-9H2,(H,16,18)(H3,14,15,19). The van der Waals surface area contributed by atoms with E-state index in [4.69, 9.17) is 34.5 Å². The maximum atomic E-state index is 12.0. The Kier molecular flexibility index (Phi) is 30.7. The Bertz CT molecular complexity index is 1230. The normalized spacial score (nSPS) is 13.6. The number of anilines is 1. The lowest BCUT2D eigenvalue weighted by atomic mass is 9.99. The Balaban J connectivity index is 0.000000712. The second-order valence-corrected chi connectivity index (χ2v) is 13.9. The van der Waals surface area contributed by atoms with Crippen molar-refractivity contribution in [3.8, 4) is 0 Å². The Morgan fingerprint density at radius 3 is 1.86 bits per heavy atom. The number of primary amides is 1. The summed E-state index contributed by atoms with van der Waals surface area (Å²) >= 11 is 0. The molecule has 1 fully saturated rings. The van der Waals surface area contributed by atoms with E-state index < -0.39 is 12.1 Å². The average molecular weight is 811 g/mol. The Morgan fingerprint density at radius 1 is 0.719 bits per heavy atom. The fourth-order valence-electron chi connectivity index (χ4n) is 5.49. The number of ether oxygens (including phenoxy) is 5. The van der Waals surface area contributed by atoms with Crippen LogP contribution in [0.1, 0.15) is 90.0 Å². The molecule has 8 N–H and O–H groups in total. The predicted octanol–water partition coefficient (Wildman–Crippen LogP) is 2.53. The molecule has 1 aromatic carbocycles. The fraction of sp³-hybridized carbons (Fsp3) is 0.725. The number of nitrogens with two attached hydrogens (primary N) is 1. The zero-order valence-corrected chi connectivity index (χ0v) is 34.4. The maximum absolute atomic E-state index is 12.0. The van der Waals surface area contributed by atoms with Gasteiger partial charge in [0.25, 0.3) is 0 Å². The first-order valence-corrected chi connectivity index (χ1v) is 20.3. The molecular weight excluding hydrogens is 740 g/mol. The molecule has 0 bridgehead atoms. The SMILES string of the molecule is CNC(=O)C(NC(=O)CCOCCOCCOCCOCCNC(=O)COC1CCCCCCC1)C(C)C.NC(=O)NCCCCC(=O)Nc1ccc(CO)cc1. The first kappa shape index (κ1) is 51.1. The zero-order chi connectivity index (χ0) is 41.9. The molecule has 2 rings (SSSR count). The van der Waals surface area contributed by atoms with Crippen LogP contribution in [0.4, 0.5) is 10.5 Å². The minimum absolute atomic E-state index is 0.000137. The van der Waals surface area contributed by atoms with Crippen LogP contribution in [0, 0.1) is 5.92 Å². The van der Waals surface area contributed by atoms with Crippen LogP contribution in [0.5, 0.6) is 0 Å². The maximum Gasteiger partial charge on any atom is 0.312 e. The highest BCUT2D eigenvalue weighted by molar-refractivity contribution is 5.90. The number of nitrogens with one attached hydrogen (secondary N) is 5. The van der Waals surface area contributed by atoms with Gasteiger partial charge in [0.2, 0.25) is 23.6 Å². The highest BCUT2D eigenvalue weighted by Gasteiger charge is 2.22. The summed E-state index contributed by atoms with van der Waals surface area (Å²) in [5, 5.41) is 22.2. The number of carbonyl (C=O) groups is 5. The second-order valence-electron chi connectivity index (χ2n) is 13.9. The third-order valence-electron chi connectivity index (χ3n) is 8.72. The van der Waals surface area contributed by atoms with Gasteiger partial charge < -0.3 is 61.1 Å². The van der Waals surface area contributed by atoms with E-state index in [-0.39, 0.29) is 61.9 Å². The second kappa shape index (κ2) is 34.2. The zero-order valence-electron chi connectivity index (χ0n) is 34.4. The molecule has 17 heteroatoms. The summed E-state index contributed by atoms with van der Waals surface area (Å²) in [6.45, 7) is 8.01. The monoisotopic (exact) mass is 811 g/mol. The van der Waals surface area contributed by atoms with Crippen LogP contribution in [0.3, 0.4) is 0 Å². The Hall–Kier alpha value is -3.87. The number of likely N-dealkylation sites (N-methyl/N-ethyl adjacent to an activating group) is 1. The number of rotatable bonds is 28. The van der Waals surface area contributed by atoms with Crippen molar-refractivity contribution in [1.82, 2.24) is 21.3 Å². The van der Waals surface area contributed by atoms with Gasteiger partial charge in [0.1, 0.15) is 12.6 Å². The van der Waals surface area contributed by atoms with Crippen LogP contribution in [0.15, 0.2) is 24.3 Å². The molecule has 0 radical (unpaired) electrons. The summed E-state index contributed by atoms with van der Waals surface area (Å²) in [4.78, 5) is 57.7. The van der Waals surface area contributed by atoms with Crippen LogP contribution in [-0.4, -0.2) is 127 Å². The largest absolute Gasteiger partial charge is 0.392 e. The van der Waals surface area contributed by atoms with E-state index in [1.165, 1.54) is 32.1 Å². The van der Waals surface area contributed by atoms with Gasteiger partial charge >= 0.3 is 6.03 Å². The van der Waals surface area contributed by atoms with Gasteiger partial charge in [-0.25, -0.2) is 4.79 Å². The van der Waals surface area contributed by atoms with Gasteiger partial charge in [-0.15, -0.1) is 0 Å². The van der Waals surface area contributed by atoms with Crippen LogP contribution in [-0.2, 0) is 49.5 Å². The molecule has 326 valence electrons. The van der Waals surface area contributed by atoms with Gasteiger partial charge in [-0.05, 0) is 49.3 Å². The molecule has 1 atom stereocenters. The topological polar surface area (TPSA) is 238 Å². The van der Waals surface area contributed by atoms with Crippen molar-refractivity contribution in [3.05, 3.63) is 29.8 Å². The summed E-state index contributed by atoms with van der Waals surface area (Å²) in [5.41, 5.74) is 6.42. The number of hydrogen-bond acceptors (Lipinski definition) is 11. The van der Waals surface area contributed by atoms with Crippen molar-refractivity contribution < 1.29 is 52.8 Å². The minimum atomic E-state index is -0.549. The fourth-order valence-corrected chi connectivity index (χ4v) is 5.49. The molecule has 0 spiro atoms. The highest BCUT2D eigenvalue weighted by atomic mass is 16.6. The quantitative estimate of drug-likeness (QED) is 0.0608. The van der Waals surface area contributed by atoms with E-state index in [0.29, 0.717) is 84.3 Å². The summed E-state index contributed by atoms with van der Waals surface area (Å²) in [6, 6.07) is 5.91. The summed E-state index contributed by atoms with van der Waals surface area (Å²) in [6.07, 6.45) is 10.5. The van der Waals surface area contributed by atoms with Crippen molar-refractivity contribution in [1.29, 1.82) is 0 Å². The number of hydrogen-bond donors (Lipinski definition) is 7. The van der Waals surface area contributed by atoms with E-state index >= 15 is 0 Å². The lowest BCUT2D eigenvalue weighted by molar-refractivity contribution is -0.130. The number of urea groups is 1. The summed E-state index contributed by atoms with van der Waals surface area (Å²) in [5.74, 6) is -0.602. The number of aliphatic hydroxyl groups is 1. The number of benzene rings is 1. The molecule has 0 aromatic heterocycles. The van der Waals surface area contributed by atoms with Gasteiger partial charge in [-0.1, -0.05) is 58.1 Å². The van der Waals surface area contributed by atoms with E-state index in [9.17, 15) is 24.0 Å². The van der Waals surface area contributed by atoms with Crippen molar-refractivity contribution >= 4 is 35.3 Å².